The van der Waals surface area contributed by atoms with E-state index in [1.54, 1.807) is 0 Å². The monoisotopic (exact) mass is 262 g/mol. The maximum absolute atomic E-state index is 9.12. The van der Waals surface area contributed by atoms with Gasteiger partial charge in [0, 0.05) is 0 Å². The van der Waals surface area contributed by atoms with Gasteiger partial charge in [-0.15, -0.1) is 0 Å². The third-order valence-electron chi connectivity index (χ3n) is 0.235. The van der Waals surface area contributed by atoms with Crippen LogP contribution in [0.1, 0.15) is 0 Å². The van der Waals surface area contributed by atoms with Crippen LogP contribution in [-0.2, 0) is 4.79 Å². The van der Waals surface area contributed by atoms with Crippen LogP contribution in [0.2, 0.25) is 0 Å². The van der Waals surface area contributed by atoms with E-state index in [0.29, 0.717) is 0 Å². The van der Waals surface area contributed by atoms with Gasteiger partial charge in [0.25, 0.3) is 0 Å². The maximum atomic E-state index is 9.12. The Morgan fingerprint density at radius 2 is 1.30 bits per heavy atom. The van der Waals surface area contributed by atoms with Gasteiger partial charge < -0.3 is 20.4 Å². The number of hydrogen-bond acceptors (Lipinski definition) is 4. The van der Waals surface area contributed by atoms with Gasteiger partial charge in [-0.1, -0.05) is 0 Å². The summed E-state index contributed by atoms with van der Waals surface area (Å²) in [5.74, 6) is -1.19. The van der Waals surface area contributed by atoms with Crippen LogP contribution in [0.3, 0.4) is 0 Å². The summed E-state index contributed by atoms with van der Waals surface area (Å²) in [7, 11) is 0. The van der Waals surface area contributed by atoms with E-state index in [1.807, 2.05) is 0 Å². The fourth-order valence-corrected chi connectivity index (χ4v) is 0. The average Bonchev–Trinajstić information content (AvgIpc) is 1.89. The summed E-state index contributed by atoms with van der Waals surface area (Å²) in [6.45, 7) is -1.03. The topological polar surface area (TPSA) is 98.0 Å². The van der Waals surface area contributed by atoms with Crippen LogP contribution in [0.15, 0.2) is 0 Å². The number of carboxylic acids is 1. The summed E-state index contributed by atoms with van der Waals surface area (Å²) in [6, 6.07) is 0. The fraction of sp³-hybridized carbons (Fsp3) is 0.750. The summed E-state index contributed by atoms with van der Waals surface area (Å²) < 4.78 is 0. The molecular weight excluding hydrogens is 250 g/mol. The fourth-order valence-electron chi connectivity index (χ4n) is 0. The van der Waals surface area contributed by atoms with Crippen molar-refractivity contribution in [2.45, 2.75) is 0 Å². The van der Waals surface area contributed by atoms with Gasteiger partial charge in [0.2, 0.25) is 0 Å². The van der Waals surface area contributed by atoms with Gasteiger partial charge in [0.05, 0.1) is 13.2 Å². The van der Waals surface area contributed by atoms with Crippen molar-refractivity contribution in [3.63, 3.8) is 0 Å². The molecule has 0 unspecified atom stereocenters. The molecule has 0 aliphatic rings. The molecular formula is C4H13O5Sb. The Morgan fingerprint density at radius 1 is 1.10 bits per heavy atom. The molecule has 0 aromatic heterocycles. The van der Waals surface area contributed by atoms with Gasteiger partial charge in [0.15, 0.2) is 0 Å². The van der Waals surface area contributed by atoms with Crippen LogP contribution in [-0.4, -0.2) is 70.6 Å². The van der Waals surface area contributed by atoms with Crippen LogP contribution in [0, 0.1) is 0 Å². The Labute approximate surface area is 75.7 Å². The molecule has 0 saturated carbocycles. The van der Waals surface area contributed by atoms with E-state index >= 15 is 0 Å². The Morgan fingerprint density at radius 3 is 1.30 bits per heavy atom. The van der Waals surface area contributed by atoms with E-state index < -0.39 is 12.6 Å². The molecule has 6 heteroatoms. The van der Waals surface area contributed by atoms with E-state index in [9.17, 15) is 0 Å². The standard InChI is InChI=1S/C2H4O3.C2H6O2.Sb.3H/c3-1-2(4)5;3-1-2-4;;;;/h3H,1H2,(H,4,5);3-4H,1-2H2;;;;. The Bertz CT molecular complexity index is 64.7. The van der Waals surface area contributed by atoms with Crippen molar-refractivity contribution in [3.8, 4) is 0 Å². The summed E-state index contributed by atoms with van der Waals surface area (Å²) in [6.07, 6.45) is 0. The molecule has 0 atom stereocenters. The number of carboxylic acid groups (broad SMARTS) is 1. The minimum atomic E-state index is -1.19. The Kier molecular flexibility index (Phi) is 26.7. The van der Waals surface area contributed by atoms with Gasteiger partial charge in [-0.3, -0.25) is 0 Å². The predicted octanol–water partition coefficient (Wildman–Crippen LogP) is -3.15. The summed E-state index contributed by atoms with van der Waals surface area (Å²) in [5, 5.41) is 30.3. The first-order valence-corrected chi connectivity index (χ1v) is 2.23. The second kappa shape index (κ2) is 16.1. The first-order chi connectivity index (χ1) is 4.18. The van der Waals surface area contributed by atoms with Crippen molar-refractivity contribution < 1.29 is 25.2 Å². The van der Waals surface area contributed by atoms with Crippen molar-refractivity contribution in [2.24, 2.45) is 0 Å². The number of aliphatic hydroxyl groups is 3. The Balaban J connectivity index is -0.0000000910. The first kappa shape index (κ1) is 16.6. The van der Waals surface area contributed by atoms with E-state index in [2.05, 4.69) is 0 Å². The van der Waals surface area contributed by atoms with Crippen molar-refractivity contribution in [2.75, 3.05) is 19.8 Å². The normalized spacial score (nSPS) is 6.70. The molecule has 0 heterocycles. The van der Waals surface area contributed by atoms with Gasteiger partial charge in [0.1, 0.15) is 6.61 Å². The van der Waals surface area contributed by atoms with Gasteiger partial charge in [-0.25, -0.2) is 4.79 Å². The number of aliphatic hydroxyl groups excluding tert-OH is 3. The van der Waals surface area contributed by atoms with Gasteiger partial charge in [-0.05, 0) is 0 Å². The third kappa shape index (κ3) is 41.8. The summed E-state index contributed by atoms with van der Waals surface area (Å²) in [5.41, 5.74) is 0. The first-order valence-electron chi connectivity index (χ1n) is 2.23. The van der Waals surface area contributed by atoms with E-state index in [0.717, 1.165) is 0 Å². The van der Waals surface area contributed by atoms with E-state index in [1.165, 1.54) is 0 Å². The second-order valence-corrected chi connectivity index (χ2v) is 0.999. The number of rotatable bonds is 2. The molecule has 0 bridgehead atoms. The number of aliphatic carboxylic acids is 1. The molecule has 0 amide bonds. The molecule has 64 valence electrons. The zero-order valence-corrected chi connectivity index (χ0v) is 9.56. The van der Waals surface area contributed by atoms with Gasteiger partial charge in [-0.2, -0.15) is 0 Å². The van der Waals surface area contributed by atoms with Crippen molar-refractivity contribution in [3.05, 3.63) is 0 Å². The zero-order valence-electron chi connectivity index (χ0n) is 5.53. The van der Waals surface area contributed by atoms with Crippen molar-refractivity contribution >= 4 is 30.4 Å². The van der Waals surface area contributed by atoms with Crippen molar-refractivity contribution in [1.29, 1.82) is 0 Å². The quantitative estimate of drug-likeness (QED) is 0.394. The van der Waals surface area contributed by atoms with Crippen LogP contribution in [0.5, 0.6) is 0 Å². The molecule has 0 aliphatic carbocycles. The molecule has 5 nitrogen and oxygen atoms in total. The second-order valence-electron chi connectivity index (χ2n) is 0.999. The zero-order chi connectivity index (χ0) is 7.70. The van der Waals surface area contributed by atoms with Crippen LogP contribution in [0.25, 0.3) is 0 Å². The molecule has 0 saturated heterocycles. The molecule has 0 radical (unpaired) electrons. The van der Waals surface area contributed by atoms with Crippen LogP contribution >= 0.6 is 0 Å². The third-order valence-corrected chi connectivity index (χ3v) is 0.235. The van der Waals surface area contributed by atoms with Gasteiger partial charge >= 0.3 is 30.4 Å². The van der Waals surface area contributed by atoms with E-state index in [4.69, 9.17) is 25.2 Å². The molecule has 0 fully saturated rings. The molecule has 10 heavy (non-hydrogen) atoms. The molecule has 0 rings (SSSR count). The number of hydrogen-bond donors (Lipinski definition) is 4. The molecule has 0 aromatic rings. The molecule has 4 N–H and O–H groups in total. The Hall–Kier alpha value is 0.168. The summed E-state index contributed by atoms with van der Waals surface area (Å²) >= 11 is 0. The summed E-state index contributed by atoms with van der Waals surface area (Å²) in [4.78, 5) is 9.12. The average molecular weight is 263 g/mol. The van der Waals surface area contributed by atoms with Crippen LogP contribution < -0.4 is 0 Å². The minimum absolute atomic E-state index is 0. The van der Waals surface area contributed by atoms with Crippen LogP contribution in [0.4, 0.5) is 0 Å². The van der Waals surface area contributed by atoms with E-state index in [-0.39, 0.29) is 37.6 Å². The predicted molar refractivity (Wildman–Crippen MR) is 38.8 cm³/mol. The molecule has 0 aromatic carbocycles. The molecule has 0 aliphatic heterocycles. The number of carbonyl (C=O) groups is 1. The molecule has 0 spiro atoms. The SMILES string of the molecule is O=C(O)CO.OCCO.[SbH3]. The van der Waals surface area contributed by atoms with Crippen molar-refractivity contribution in [1.82, 2.24) is 0 Å².